The van der Waals surface area contributed by atoms with E-state index in [4.69, 9.17) is 0 Å². The maximum Gasteiger partial charge on any atom is 0.401 e. The molecular formula is C16H31F3N2. The largest absolute Gasteiger partial charge is 0.401 e. The van der Waals surface area contributed by atoms with Crippen molar-refractivity contribution in [1.82, 2.24) is 10.2 Å². The molecule has 2 nitrogen and oxygen atoms in total. The average Bonchev–Trinajstić information content (AvgIpc) is 2.51. The molecule has 0 aliphatic heterocycles. The Kier molecular flexibility index (Phi) is 7.48. The van der Waals surface area contributed by atoms with Gasteiger partial charge in [0.2, 0.25) is 0 Å². The summed E-state index contributed by atoms with van der Waals surface area (Å²) < 4.78 is 37.7. The summed E-state index contributed by atoms with van der Waals surface area (Å²) in [5.74, 6) is 0.570. The van der Waals surface area contributed by atoms with Gasteiger partial charge in [-0.05, 0) is 37.8 Å². The quantitative estimate of drug-likeness (QED) is 0.713. The first-order valence-electron chi connectivity index (χ1n) is 8.18. The minimum atomic E-state index is -4.11. The zero-order chi connectivity index (χ0) is 15.9. The van der Waals surface area contributed by atoms with Crippen molar-refractivity contribution >= 4 is 0 Å². The molecule has 0 aromatic carbocycles. The summed E-state index contributed by atoms with van der Waals surface area (Å²) in [6.07, 6.45) is 2.70. The van der Waals surface area contributed by atoms with E-state index in [-0.39, 0.29) is 5.41 Å². The third-order valence-corrected chi connectivity index (χ3v) is 4.27. The Hall–Kier alpha value is -0.290. The highest BCUT2D eigenvalue weighted by atomic mass is 19.4. The fraction of sp³-hybridized carbons (Fsp3) is 1.00. The third-order valence-electron chi connectivity index (χ3n) is 4.27. The molecule has 126 valence electrons. The number of hydrogen-bond acceptors (Lipinski definition) is 2. The van der Waals surface area contributed by atoms with Gasteiger partial charge in [-0.2, -0.15) is 13.2 Å². The van der Waals surface area contributed by atoms with Crippen LogP contribution in [0.25, 0.3) is 0 Å². The second-order valence-corrected chi connectivity index (χ2v) is 7.23. The van der Waals surface area contributed by atoms with E-state index < -0.39 is 12.7 Å². The van der Waals surface area contributed by atoms with E-state index in [1.807, 2.05) is 0 Å². The van der Waals surface area contributed by atoms with Crippen molar-refractivity contribution in [1.29, 1.82) is 0 Å². The van der Waals surface area contributed by atoms with Crippen molar-refractivity contribution in [3.63, 3.8) is 0 Å². The van der Waals surface area contributed by atoms with Crippen LogP contribution in [0.15, 0.2) is 0 Å². The first-order valence-corrected chi connectivity index (χ1v) is 8.18. The molecule has 1 fully saturated rings. The fourth-order valence-corrected chi connectivity index (χ4v) is 3.43. The van der Waals surface area contributed by atoms with E-state index in [0.29, 0.717) is 12.5 Å². The predicted octanol–water partition coefficient (Wildman–Crippen LogP) is 4.07. The van der Waals surface area contributed by atoms with Crippen molar-refractivity contribution in [3.05, 3.63) is 0 Å². The van der Waals surface area contributed by atoms with Gasteiger partial charge < -0.3 is 5.32 Å². The van der Waals surface area contributed by atoms with Crippen molar-refractivity contribution in [3.8, 4) is 0 Å². The molecule has 0 spiro atoms. The molecule has 1 aliphatic carbocycles. The molecule has 1 N–H and O–H groups in total. The normalized spacial score (nSPS) is 20.0. The first-order chi connectivity index (χ1) is 9.72. The molecule has 0 amide bonds. The lowest BCUT2D eigenvalue weighted by molar-refractivity contribution is -0.146. The lowest BCUT2D eigenvalue weighted by Gasteiger charge is -2.37. The van der Waals surface area contributed by atoms with Gasteiger partial charge in [0.1, 0.15) is 0 Å². The highest BCUT2D eigenvalue weighted by Gasteiger charge is 2.35. The van der Waals surface area contributed by atoms with Crippen LogP contribution >= 0.6 is 0 Å². The van der Waals surface area contributed by atoms with Crippen LogP contribution in [0.5, 0.6) is 0 Å². The van der Waals surface area contributed by atoms with Gasteiger partial charge in [0.25, 0.3) is 0 Å². The maximum atomic E-state index is 12.6. The van der Waals surface area contributed by atoms with Crippen LogP contribution < -0.4 is 5.32 Å². The average molecular weight is 308 g/mol. The topological polar surface area (TPSA) is 15.3 Å². The smallest absolute Gasteiger partial charge is 0.316 e. The monoisotopic (exact) mass is 308 g/mol. The van der Waals surface area contributed by atoms with Gasteiger partial charge in [-0.15, -0.1) is 0 Å². The summed E-state index contributed by atoms with van der Waals surface area (Å²) in [7, 11) is 1.60. The number of hydrogen-bond donors (Lipinski definition) is 1. The molecule has 21 heavy (non-hydrogen) atoms. The molecular weight excluding hydrogens is 277 g/mol. The lowest BCUT2D eigenvalue weighted by Crippen LogP contribution is -2.45. The van der Waals surface area contributed by atoms with Crippen LogP contribution in [0.2, 0.25) is 0 Å². The molecule has 1 saturated carbocycles. The summed E-state index contributed by atoms with van der Waals surface area (Å²) in [6.45, 7) is 5.82. The van der Waals surface area contributed by atoms with Gasteiger partial charge >= 0.3 is 6.18 Å². The molecule has 0 aromatic heterocycles. The third kappa shape index (κ3) is 8.05. The Balaban J connectivity index is 2.61. The SMILES string of the molecule is CC(C)CNCC1(CN(C)CC(F)(F)F)CCCCCC1. The van der Waals surface area contributed by atoms with E-state index >= 15 is 0 Å². The van der Waals surface area contributed by atoms with Crippen LogP contribution in [-0.4, -0.2) is 44.3 Å². The maximum absolute atomic E-state index is 12.6. The van der Waals surface area contributed by atoms with Crippen molar-refractivity contribution in [2.24, 2.45) is 11.3 Å². The molecule has 0 unspecified atom stereocenters. The highest BCUT2D eigenvalue weighted by Crippen LogP contribution is 2.35. The summed E-state index contributed by atoms with van der Waals surface area (Å²) in [6, 6.07) is 0. The Labute approximate surface area is 127 Å². The summed E-state index contributed by atoms with van der Waals surface area (Å²) in [4.78, 5) is 1.46. The minimum Gasteiger partial charge on any atom is -0.316 e. The van der Waals surface area contributed by atoms with E-state index in [2.05, 4.69) is 19.2 Å². The van der Waals surface area contributed by atoms with Gasteiger partial charge in [-0.1, -0.05) is 39.5 Å². The highest BCUT2D eigenvalue weighted by molar-refractivity contribution is 4.87. The predicted molar refractivity (Wildman–Crippen MR) is 81.4 cm³/mol. The van der Waals surface area contributed by atoms with Crippen molar-refractivity contribution in [2.75, 3.05) is 33.2 Å². The summed E-state index contributed by atoms with van der Waals surface area (Å²) >= 11 is 0. The second-order valence-electron chi connectivity index (χ2n) is 7.23. The Morgan fingerprint density at radius 3 is 2.14 bits per heavy atom. The Morgan fingerprint density at radius 1 is 1.10 bits per heavy atom. The lowest BCUT2D eigenvalue weighted by atomic mass is 9.79. The van der Waals surface area contributed by atoms with Crippen LogP contribution in [0.1, 0.15) is 52.4 Å². The van der Waals surface area contributed by atoms with Gasteiger partial charge in [0, 0.05) is 13.1 Å². The minimum absolute atomic E-state index is 0.00535. The van der Waals surface area contributed by atoms with Crippen molar-refractivity contribution in [2.45, 2.75) is 58.5 Å². The van der Waals surface area contributed by atoms with Crippen LogP contribution in [-0.2, 0) is 0 Å². The van der Waals surface area contributed by atoms with Crippen LogP contribution in [0.3, 0.4) is 0 Å². The van der Waals surface area contributed by atoms with E-state index in [9.17, 15) is 13.2 Å². The second kappa shape index (κ2) is 8.37. The number of alkyl halides is 3. The molecule has 0 saturated heterocycles. The van der Waals surface area contributed by atoms with Crippen molar-refractivity contribution < 1.29 is 13.2 Å². The zero-order valence-electron chi connectivity index (χ0n) is 13.7. The van der Waals surface area contributed by atoms with Gasteiger partial charge in [0.15, 0.2) is 0 Å². The molecule has 0 atom stereocenters. The molecule has 5 heteroatoms. The van der Waals surface area contributed by atoms with Gasteiger partial charge in [-0.25, -0.2) is 0 Å². The molecule has 1 rings (SSSR count). The molecule has 0 radical (unpaired) electrons. The Bertz CT molecular complexity index is 282. The summed E-state index contributed by atoms with van der Waals surface area (Å²) in [5, 5.41) is 3.48. The number of nitrogens with one attached hydrogen (secondary N) is 1. The number of rotatable bonds is 7. The summed E-state index contributed by atoms with van der Waals surface area (Å²) in [5.41, 5.74) is 0.00535. The molecule has 0 bridgehead atoms. The van der Waals surface area contributed by atoms with Gasteiger partial charge in [-0.3, -0.25) is 4.90 Å². The molecule has 0 aromatic rings. The number of nitrogens with zero attached hydrogens (tertiary/aromatic N) is 1. The van der Waals surface area contributed by atoms with Gasteiger partial charge in [0.05, 0.1) is 6.54 Å². The Morgan fingerprint density at radius 2 is 1.67 bits per heavy atom. The molecule has 1 aliphatic rings. The van der Waals surface area contributed by atoms with E-state index in [0.717, 1.165) is 38.8 Å². The standard InChI is InChI=1S/C16H31F3N2/c1-14(2)10-20-11-15(8-6-4-5-7-9-15)12-21(3)13-16(17,18)19/h14,20H,4-13H2,1-3H3. The van der Waals surface area contributed by atoms with E-state index in [1.165, 1.54) is 17.7 Å². The fourth-order valence-electron chi connectivity index (χ4n) is 3.43. The zero-order valence-corrected chi connectivity index (χ0v) is 13.7. The first kappa shape index (κ1) is 18.8. The molecule has 0 heterocycles. The van der Waals surface area contributed by atoms with Crippen LogP contribution in [0, 0.1) is 11.3 Å². The van der Waals surface area contributed by atoms with E-state index in [1.54, 1.807) is 7.05 Å². The number of halogens is 3. The van der Waals surface area contributed by atoms with Crippen LogP contribution in [0.4, 0.5) is 13.2 Å².